The van der Waals surface area contributed by atoms with Crippen LogP contribution in [0.3, 0.4) is 0 Å². The molecule has 1 N–H and O–H groups in total. The summed E-state index contributed by atoms with van der Waals surface area (Å²) in [5.74, 6) is -0.189. The van der Waals surface area contributed by atoms with Gasteiger partial charge in [0.25, 0.3) is 5.91 Å². The summed E-state index contributed by atoms with van der Waals surface area (Å²) in [7, 11) is 0. The lowest BCUT2D eigenvalue weighted by Crippen LogP contribution is -2.49. The van der Waals surface area contributed by atoms with Gasteiger partial charge in [0.15, 0.2) is 6.61 Å². The standard InChI is InChI=1S/C23H29FN2O3/c1-16(2)13-25-23(28)18(4)26(14-19-7-5-6-17(3)12-19)22(27)15-29-21-10-8-20(24)9-11-21/h5-12,16,18H,13-15H2,1-4H3,(H,25,28)/t18-/m0/s1. The topological polar surface area (TPSA) is 58.6 Å². The number of halogens is 1. The van der Waals surface area contributed by atoms with Gasteiger partial charge in [-0.1, -0.05) is 43.7 Å². The van der Waals surface area contributed by atoms with E-state index in [-0.39, 0.29) is 24.2 Å². The molecule has 0 fully saturated rings. The van der Waals surface area contributed by atoms with Crippen LogP contribution >= 0.6 is 0 Å². The molecular formula is C23H29FN2O3. The molecule has 2 aromatic carbocycles. The molecule has 0 aliphatic rings. The molecule has 5 nitrogen and oxygen atoms in total. The maximum atomic E-state index is 13.0. The minimum Gasteiger partial charge on any atom is -0.484 e. The van der Waals surface area contributed by atoms with Gasteiger partial charge in [-0.3, -0.25) is 9.59 Å². The van der Waals surface area contributed by atoms with Crippen LogP contribution in [0.4, 0.5) is 4.39 Å². The Morgan fingerprint density at radius 1 is 1.10 bits per heavy atom. The van der Waals surface area contributed by atoms with Gasteiger partial charge in [0, 0.05) is 13.1 Å². The molecule has 2 rings (SSSR count). The van der Waals surface area contributed by atoms with Crippen molar-refractivity contribution in [1.29, 1.82) is 0 Å². The van der Waals surface area contributed by atoms with Crippen molar-refractivity contribution in [2.45, 2.75) is 40.3 Å². The van der Waals surface area contributed by atoms with E-state index in [2.05, 4.69) is 5.32 Å². The fraction of sp³-hybridized carbons (Fsp3) is 0.391. The molecule has 0 saturated carbocycles. The zero-order valence-electron chi connectivity index (χ0n) is 17.4. The third-order valence-electron chi connectivity index (χ3n) is 4.46. The summed E-state index contributed by atoms with van der Waals surface area (Å²) >= 11 is 0. The van der Waals surface area contributed by atoms with Crippen LogP contribution in [0, 0.1) is 18.7 Å². The molecule has 0 radical (unpaired) electrons. The van der Waals surface area contributed by atoms with E-state index in [1.165, 1.54) is 29.2 Å². The first kappa shape index (κ1) is 22.4. The predicted molar refractivity (Wildman–Crippen MR) is 111 cm³/mol. The van der Waals surface area contributed by atoms with E-state index < -0.39 is 6.04 Å². The molecule has 2 amide bonds. The number of benzene rings is 2. The molecule has 0 aliphatic heterocycles. The number of amides is 2. The quantitative estimate of drug-likeness (QED) is 0.698. The summed E-state index contributed by atoms with van der Waals surface area (Å²) in [4.78, 5) is 27.0. The third-order valence-corrected chi connectivity index (χ3v) is 4.46. The number of carbonyl (C=O) groups excluding carboxylic acids is 2. The number of aryl methyl sites for hydroxylation is 1. The van der Waals surface area contributed by atoms with E-state index >= 15 is 0 Å². The maximum Gasteiger partial charge on any atom is 0.261 e. The summed E-state index contributed by atoms with van der Waals surface area (Å²) in [5, 5.41) is 2.88. The van der Waals surface area contributed by atoms with Crippen LogP contribution in [0.2, 0.25) is 0 Å². The average molecular weight is 400 g/mol. The zero-order valence-corrected chi connectivity index (χ0v) is 17.4. The van der Waals surface area contributed by atoms with Crippen molar-refractivity contribution in [1.82, 2.24) is 10.2 Å². The van der Waals surface area contributed by atoms with Gasteiger partial charge in [-0.05, 0) is 49.6 Å². The van der Waals surface area contributed by atoms with Crippen LogP contribution in [-0.4, -0.2) is 35.9 Å². The van der Waals surface area contributed by atoms with Gasteiger partial charge in [-0.2, -0.15) is 0 Å². The number of nitrogens with zero attached hydrogens (tertiary/aromatic N) is 1. The Kier molecular flexibility index (Phi) is 8.19. The van der Waals surface area contributed by atoms with Gasteiger partial charge >= 0.3 is 0 Å². The monoisotopic (exact) mass is 400 g/mol. The number of rotatable bonds is 9. The van der Waals surface area contributed by atoms with Crippen molar-refractivity contribution < 1.29 is 18.7 Å². The van der Waals surface area contributed by atoms with E-state index in [1.54, 1.807) is 6.92 Å². The second kappa shape index (κ2) is 10.6. The van der Waals surface area contributed by atoms with Crippen LogP contribution in [0.25, 0.3) is 0 Å². The molecule has 1 atom stereocenters. The molecule has 29 heavy (non-hydrogen) atoms. The molecule has 6 heteroatoms. The van der Waals surface area contributed by atoms with Gasteiger partial charge in [0.1, 0.15) is 17.6 Å². The van der Waals surface area contributed by atoms with Crippen molar-refractivity contribution in [3.05, 3.63) is 65.5 Å². The highest BCUT2D eigenvalue weighted by Crippen LogP contribution is 2.14. The first-order valence-corrected chi connectivity index (χ1v) is 9.77. The highest BCUT2D eigenvalue weighted by Gasteiger charge is 2.26. The zero-order chi connectivity index (χ0) is 21.4. The Hall–Kier alpha value is -2.89. The van der Waals surface area contributed by atoms with Gasteiger partial charge in [-0.15, -0.1) is 0 Å². The van der Waals surface area contributed by atoms with Gasteiger partial charge in [0.05, 0.1) is 0 Å². The Labute approximate surface area is 171 Å². The van der Waals surface area contributed by atoms with E-state index in [4.69, 9.17) is 4.74 Å². The third kappa shape index (κ3) is 7.22. The number of hydrogen-bond acceptors (Lipinski definition) is 3. The second-order valence-corrected chi connectivity index (χ2v) is 7.57. The lowest BCUT2D eigenvalue weighted by Gasteiger charge is -2.29. The van der Waals surface area contributed by atoms with E-state index in [0.29, 0.717) is 24.8 Å². The first-order valence-electron chi connectivity index (χ1n) is 9.77. The van der Waals surface area contributed by atoms with E-state index in [1.807, 2.05) is 45.0 Å². The van der Waals surface area contributed by atoms with Crippen molar-refractivity contribution in [3.63, 3.8) is 0 Å². The highest BCUT2D eigenvalue weighted by atomic mass is 19.1. The van der Waals surface area contributed by atoms with Crippen LogP contribution in [0.15, 0.2) is 48.5 Å². The Balaban J connectivity index is 2.12. The largest absolute Gasteiger partial charge is 0.484 e. The van der Waals surface area contributed by atoms with Crippen LogP contribution in [0.1, 0.15) is 31.9 Å². The summed E-state index contributed by atoms with van der Waals surface area (Å²) < 4.78 is 18.5. The Morgan fingerprint density at radius 3 is 2.41 bits per heavy atom. The average Bonchev–Trinajstić information content (AvgIpc) is 2.69. The van der Waals surface area contributed by atoms with E-state index in [0.717, 1.165) is 11.1 Å². The second-order valence-electron chi connectivity index (χ2n) is 7.57. The summed E-state index contributed by atoms with van der Waals surface area (Å²) in [6, 6.07) is 12.6. The number of nitrogens with one attached hydrogen (secondary N) is 1. The molecule has 156 valence electrons. The van der Waals surface area contributed by atoms with Crippen LogP contribution in [-0.2, 0) is 16.1 Å². The molecule has 0 aliphatic carbocycles. The fourth-order valence-corrected chi connectivity index (χ4v) is 2.80. The molecular weight excluding hydrogens is 371 g/mol. The smallest absolute Gasteiger partial charge is 0.261 e. The van der Waals surface area contributed by atoms with Crippen molar-refractivity contribution in [2.24, 2.45) is 5.92 Å². The lowest BCUT2D eigenvalue weighted by atomic mass is 10.1. The van der Waals surface area contributed by atoms with Gasteiger partial charge < -0.3 is 15.0 Å². The molecule has 2 aromatic rings. The number of carbonyl (C=O) groups is 2. The molecule has 0 saturated heterocycles. The molecule has 0 heterocycles. The number of hydrogen-bond donors (Lipinski definition) is 1. The summed E-state index contributed by atoms with van der Waals surface area (Å²) in [6.45, 7) is 8.31. The lowest BCUT2D eigenvalue weighted by molar-refractivity contribution is -0.142. The van der Waals surface area contributed by atoms with Crippen molar-refractivity contribution >= 4 is 11.8 Å². The van der Waals surface area contributed by atoms with Gasteiger partial charge in [0.2, 0.25) is 5.91 Å². The first-order chi connectivity index (χ1) is 13.8. The van der Waals surface area contributed by atoms with Crippen molar-refractivity contribution in [3.8, 4) is 5.75 Å². The minimum absolute atomic E-state index is 0.207. The van der Waals surface area contributed by atoms with Gasteiger partial charge in [-0.25, -0.2) is 4.39 Å². The summed E-state index contributed by atoms with van der Waals surface area (Å²) in [5.41, 5.74) is 2.01. The van der Waals surface area contributed by atoms with Crippen molar-refractivity contribution in [2.75, 3.05) is 13.2 Å². The van der Waals surface area contributed by atoms with Crippen LogP contribution < -0.4 is 10.1 Å². The van der Waals surface area contributed by atoms with E-state index in [9.17, 15) is 14.0 Å². The molecule has 0 aromatic heterocycles. The predicted octanol–water partition coefficient (Wildman–Crippen LogP) is 3.70. The Bertz CT molecular complexity index is 821. The highest BCUT2D eigenvalue weighted by molar-refractivity contribution is 5.87. The fourth-order valence-electron chi connectivity index (χ4n) is 2.80. The normalized spacial score (nSPS) is 11.8. The Morgan fingerprint density at radius 2 is 1.79 bits per heavy atom. The number of ether oxygens (including phenoxy) is 1. The van der Waals surface area contributed by atoms with Crippen LogP contribution in [0.5, 0.6) is 5.75 Å². The molecule has 0 bridgehead atoms. The summed E-state index contributed by atoms with van der Waals surface area (Å²) in [6.07, 6.45) is 0. The SMILES string of the molecule is Cc1cccc(CN(C(=O)COc2ccc(F)cc2)[C@@H](C)C(=O)NCC(C)C)c1. The molecule has 0 spiro atoms. The minimum atomic E-state index is -0.654. The molecule has 0 unspecified atom stereocenters. The maximum absolute atomic E-state index is 13.0.